The zero-order valence-corrected chi connectivity index (χ0v) is 26.4. The predicted molar refractivity (Wildman–Crippen MR) is 157 cm³/mol. The molecule has 0 aromatic rings. The highest BCUT2D eigenvalue weighted by Crippen LogP contribution is 2.72. The summed E-state index contributed by atoms with van der Waals surface area (Å²) in [6, 6.07) is 0. The van der Waals surface area contributed by atoms with Crippen LogP contribution in [0.4, 0.5) is 0 Å². The van der Waals surface area contributed by atoms with Crippen molar-refractivity contribution in [3.8, 4) is 0 Å². The summed E-state index contributed by atoms with van der Waals surface area (Å²) < 4.78 is 12.0. The number of hydrogen-bond donors (Lipinski definition) is 2. The number of esters is 2. The van der Waals surface area contributed by atoms with Crippen molar-refractivity contribution in [2.45, 2.75) is 119 Å². The summed E-state index contributed by atoms with van der Waals surface area (Å²) in [5.41, 5.74) is 1.79. The molecule has 0 saturated heterocycles. The molecule has 0 aliphatic heterocycles. The monoisotopic (exact) mass is 570 g/mol. The predicted octanol–water partition coefficient (Wildman–Crippen LogP) is 6.40. The number of aliphatic hydroxyl groups is 1. The van der Waals surface area contributed by atoms with Crippen molar-refractivity contribution in [1.82, 2.24) is 0 Å². The van der Waals surface area contributed by atoms with Gasteiger partial charge in [-0.05, 0) is 84.2 Å². The standard InChI is InChI=1S/C34H50O7/c1-19(30(38)39)10-12-26(40-21(3)35)20(2)25-18-29(41-22(4)36)34(9)24-11-13-27-31(5,6)28(37)15-16-32(27,7)23(24)14-17-33(25,34)8/h10-11,14,20,25-29,37H,12-13,15-18H2,1-9H3,(H,38,39). The Balaban J connectivity index is 1.79. The normalized spacial score (nSPS) is 39.2. The summed E-state index contributed by atoms with van der Waals surface area (Å²) in [4.78, 5) is 36.1. The minimum atomic E-state index is -0.992. The van der Waals surface area contributed by atoms with Crippen molar-refractivity contribution >= 4 is 17.9 Å². The molecule has 2 fully saturated rings. The van der Waals surface area contributed by atoms with Gasteiger partial charge in [0.2, 0.25) is 0 Å². The highest BCUT2D eigenvalue weighted by molar-refractivity contribution is 5.85. The van der Waals surface area contributed by atoms with E-state index < -0.39 is 23.5 Å². The lowest BCUT2D eigenvalue weighted by Crippen LogP contribution is -2.56. The third kappa shape index (κ3) is 4.90. The van der Waals surface area contributed by atoms with E-state index in [1.54, 1.807) is 13.0 Å². The van der Waals surface area contributed by atoms with Crippen LogP contribution in [0.1, 0.15) is 101 Å². The molecule has 2 N–H and O–H groups in total. The molecule has 4 aliphatic carbocycles. The largest absolute Gasteiger partial charge is 0.478 e. The highest BCUT2D eigenvalue weighted by atomic mass is 16.5. The van der Waals surface area contributed by atoms with Crippen LogP contribution < -0.4 is 0 Å². The van der Waals surface area contributed by atoms with Gasteiger partial charge in [-0.2, -0.15) is 0 Å². The van der Waals surface area contributed by atoms with E-state index in [9.17, 15) is 24.6 Å². The van der Waals surface area contributed by atoms with Crippen LogP contribution in [-0.4, -0.2) is 46.4 Å². The molecule has 7 nitrogen and oxygen atoms in total. The molecule has 41 heavy (non-hydrogen) atoms. The lowest BCUT2D eigenvalue weighted by Gasteiger charge is -2.61. The first-order valence-corrected chi connectivity index (χ1v) is 15.3. The molecule has 7 heteroatoms. The Morgan fingerprint density at radius 1 is 1.05 bits per heavy atom. The molecule has 0 heterocycles. The van der Waals surface area contributed by atoms with Gasteiger partial charge in [-0.3, -0.25) is 9.59 Å². The number of carboxylic acid groups (broad SMARTS) is 1. The Morgan fingerprint density at radius 3 is 2.29 bits per heavy atom. The van der Waals surface area contributed by atoms with E-state index >= 15 is 0 Å². The van der Waals surface area contributed by atoms with E-state index in [0.29, 0.717) is 18.8 Å². The highest BCUT2D eigenvalue weighted by Gasteiger charge is 2.68. The maximum absolute atomic E-state index is 12.5. The lowest BCUT2D eigenvalue weighted by molar-refractivity contribution is -0.153. The van der Waals surface area contributed by atoms with Gasteiger partial charge in [-0.15, -0.1) is 0 Å². The summed E-state index contributed by atoms with van der Waals surface area (Å²) in [6.07, 6.45) is 9.52. The van der Waals surface area contributed by atoms with Gasteiger partial charge in [0.25, 0.3) is 0 Å². The molecule has 0 aromatic carbocycles. The number of carbonyl (C=O) groups is 3. The van der Waals surface area contributed by atoms with Gasteiger partial charge < -0.3 is 19.7 Å². The van der Waals surface area contributed by atoms with Gasteiger partial charge in [0.1, 0.15) is 12.2 Å². The third-order valence-electron chi connectivity index (χ3n) is 12.2. The smallest absolute Gasteiger partial charge is 0.330 e. The summed E-state index contributed by atoms with van der Waals surface area (Å²) >= 11 is 0. The maximum Gasteiger partial charge on any atom is 0.330 e. The molecule has 2 saturated carbocycles. The Kier molecular flexibility index (Phi) is 8.22. The van der Waals surface area contributed by atoms with Crippen molar-refractivity contribution in [3.05, 3.63) is 34.9 Å². The van der Waals surface area contributed by atoms with Gasteiger partial charge >= 0.3 is 17.9 Å². The zero-order chi connectivity index (χ0) is 30.7. The second kappa shape index (κ2) is 10.7. The van der Waals surface area contributed by atoms with Crippen LogP contribution in [0.3, 0.4) is 0 Å². The van der Waals surface area contributed by atoms with Gasteiger partial charge in [-0.25, -0.2) is 4.79 Å². The maximum atomic E-state index is 12.5. The Bertz CT molecular complexity index is 1190. The van der Waals surface area contributed by atoms with E-state index in [0.717, 1.165) is 25.7 Å². The molecule has 4 rings (SSSR count). The Morgan fingerprint density at radius 2 is 1.71 bits per heavy atom. The number of aliphatic hydroxyl groups excluding tert-OH is 1. The van der Waals surface area contributed by atoms with Crippen molar-refractivity contribution < 1.29 is 34.1 Å². The van der Waals surface area contributed by atoms with E-state index in [2.05, 4.69) is 53.7 Å². The molecule has 9 atom stereocenters. The topological polar surface area (TPSA) is 110 Å². The first kappa shape index (κ1) is 31.5. The molecule has 0 bridgehead atoms. The first-order chi connectivity index (χ1) is 18.9. The van der Waals surface area contributed by atoms with Gasteiger partial charge in [-0.1, -0.05) is 59.8 Å². The summed E-state index contributed by atoms with van der Waals surface area (Å²) in [5.74, 6) is -1.44. The number of allylic oxidation sites excluding steroid dienone is 3. The number of fused-ring (bicyclic) bond motifs is 5. The van der Waals surface area contributed by atoms with Crippen LogP contribution in [-0.2, 0) is 23.9 Å². The van der Waals surface area contributed by atoms with Crippen molar-refractivity contribution in [2.75, 3.05) is 0 Å². The van der Waals surface area contributed by atoms with Crippen LogP contribution in [0, 0.1) is 39.4 Å². The first-order valence-electron chi connectivity index (χ1n) is 15.3. The number of aliphatic carboxylic acids is 1. The molecule has 9 unspecified atom stereocenters. The molecule has 4 aliphatic rings. The quantitative estimate of drug-likeness (QED) is 0.269. The van der Waals surface area contributed by atoms with E-state index in [1.807, 2.05) is 0 Å². The van der Waals surface area contributed by atoms with Crippen LogP contribution in [0.5, 0.6) is 0 Å². The van der Waals surface area contributed by atoms with E-state index in [-0.39, 0.29) is 51.8 Å². The Hall–Kier alpha value is -2.41. The molecular formula is C34H50O7. The van der Waals surface area contributed by atoms with Crippen LogP contribution in [0.15, 0.2) is 34.9 Å². The SMILES string of the molecule is CC(=O)OC(CC=C(C)C(=O)O)C(C)C1CC(OC(C)=O)C2(C)C3=CCC4C(C)(CCC(O)C4(C)C)C3=CCC12C. The fraction of sp³-hybridized carbons (Fsp3) is 0.735. The van der Waals surface area contributed by atoms with Gasteiger partial charge in [0.15, 0.2) is 0 Å². The van der Waals surface area contributed by atoms with Crippen LogP contribution in [0.25, 0.3) is 0 Å². The summed E-state index contributed by atoms with van der Waals surface area (Å²) in [5, 5.41) is 20.3. The molecule has 228 valence electrons. The number of rotatable bonds is 7. The Labute approximate surface area is 245 Å². The third-order valence-corrected chi connectivity index (χ3v) is 12.2. The molecule has 0 radical (unpaired) electrons. The average molecular weight is 571 g/mol. The number of carboxylic acids is 1. The molecule has 0 amide bonds. The van der Waals surface area contributed by atoms with Gasteiger partial charge in [0.05, 0.1) is 6.10 Å². The average Bonchev–Trinajstić information content (AvgIpc) is 3.10. The second-order valence-corrected chi connectivity index (χ2v) is 14.5. The molecule has 0 aromatic heterocycles. The van der Waals surface area contributed by atoms with Crippen LogP contribution in [0.2, 0.25) is 0 Å². The van der Waals surface area contributed by atoms with Crippen molar-refractivity contribution in [3.63, 3.8) is 0 Å². The number of carbonyl (C=O) groups excluding carboxylic acids is 2. The fourth-order valence-corrected chi connectivity index (χ4v) is 9.43. The summed E-state index contributed by atoms with van der Waals surface area (Å²) in [7, 11) is 0. The second-order valence-electron chi connectivity index (χ2n) is 14.5. The van der Waals surface area contributed by atoms with E-state index in [4.69, 9.17) is 9.47 Å². The molecular weight excluding hydrogens is 520 g/mol. The molecule has 0 spiro atoms. The van der Waals surface area contributed by atoms with Crippen molar-refractivity contribution in [2.24, 2.45) is 39.4 Å². The minimum absolute atomic E-state index is 0.0496. The van der Waals surface area contributed by atoms with E-state index in [1.165, 1.54) is 25.0 Å². The number of hydrogen-bond acceptors (Lipinski definition) is 6. The summed E-state index contributed by atoms with van der Waals surface area (Å²) in [6.45, 7) is 17.8. The number of ether oxygens (including phenoxy) is 2. The van der Waals surface area contributed by atoms with Gasteiger partial charge in [0, 0.05) is 31.3 Å². The minimum Gasteiger partial charge on any atom is -0.478 e. The zero-order valence-electron chi connectivity index (χ0n) is 26.4. The van der Waals surface area contributed by atoms with Crippen LogP contribution >= 0.6 is 0 Å². The van der Waals surface area contributed by atoms with Crippen molar-refractivity contribution in [1.29, 1.82) is 0 Å². The fourth-order valence-electron chi connectivity index (χ4n) is 9.43. The lowest BCUT2D eigenvalue weighted by atomic mass is 9.44.